The van der Waals surface area contributed by atoms with Gasteiger partial charge in [-0.05, 0) is 73.4 Å². The molecule has 0 bridgehead atoms. The molecular formula is C23H25N3O2. The van der Waals surface area contributed by atoms with Crippen LogP contribution in [0.4, 0.5) is 11.5 Å². The van der Waals surface area contributed by atoms with Gasteiger partial charge in [0.2, 0.25) is 0 Å². The average molecular weight is 375 g/mol. The summed E-state index contributed by atoms with van der Waals surface area (Å²) >= 11 is 0. The first-order valence-corrected chi connectivity index (χ1v) is 9.26. The van der Waals surface area contributed by atoms with Gasteiger partial charge in [0.25, 0.3) is 5.91 Å². The molecule has 0 fully saturated rings. The lowest BCUT2D eigenvalue weighted by Crippen LogP contribution is -2.13. The number of aromatic nitrogens is 1. The highest BCUT2D eigenvalue weighted by atomic mass is 16.5. The summed E-state index contributed by atoms with van der Waals surface area (Å²) in [6, 6.07) is 17.4. The van der Waals surface area contributed by atoms with E-state index < -0.39 is 0 Å². The SMILES string of the molecule is COc1ccc(CCNc2cc(C(=O)Nc3ccc(C)c(C)c3)ccn2)cc1. The van der Waals surface area contributed by atoms with E-state index in [-0.39, 0.29) is 5.91 Å². The van der Waals surface area contributed by atoms with Gasteiger partial charge in [-0.2, -0.15) is 0 Å². The Labute approximate surface area is 165 Å². The largest absolute Gasteiger partial charge is 0.497 e. The molecule has 0 spiro atoms. The summed E-state index contributed by atoms with van der Waals surface area (Å²) in [4.78, 5) is 16.8. The Morgan fingerprint density at radius 3 is 2.50 bits per heavy atom. The molecule has 2 aromatic carbocycles. The van der Waals surface area contributed by atoms with E-state index in [1.54, 1.807) is 25.4 Å². The maximum absolute atomic E-state index is 12.5. The third-order valence-electron chi connectivity index (χ3n) is 4.67. The second kappa shape index (κ2) is 9.04. The highest BCUT2D eigenvalue weighted by Gasteiger charge is 2.08. The van der Waals surface area contributed by atoms with Crippen molar-refractivity contribution in [1.29, 1.82) is 0 Å². The summed E-state index contributed by atoms with van der Waals surface area (Å²) < 4.78 is 5.17. The van der Waals surface area contributed by atoms with E-state index in [4.69, 9.17) is 4.74 Å². The van der Waals surface area contributed by atoms with Crippen LogP contribution in [0.3, 0.4) is 0 Å². The van der Waals surface area contributed by atoms with Crippen molar-refractivity contribution in [3.8, 4) is 5.75 Å². The third-order valence-corrected chi connectivity index (χ3v) is 4.67. The molecule has 3 aromatic rings. The third kappa shape index (κ3) is 5.10. The maximum Gasteiger partial charge on any atom is 0.255 e. The number of hydrogen-bond donors (Lipinski definition) is 2. The molecule has 0 aliphatic rings. The summed E-state index contributed by atoms with van der Waals surface area (Å²) in [6.07, 6.45) is 2.50. The first kappa shape index (κ1) is 19.4. The minimum absolute atomic E-state index is 0.149. The number of rotatable bonds is 7. The van der Waals surface area contributed by atoms with Crippen LogP contribution >= 0.6 is 0 Å². The fraction of sp³-hybridized carbons (Fsp3) is 0.217. The van der Waals surface area contributed by atoms with E-state index in [1.165, 1.54) is 11.1 Å². The summed E-state index contributed by atoms with van der Waals surface area (Å²) in [6.45, 7) is 4.80. The second-order valence-electron chi connectivity index (χ2n) is 6.71. The number of pyridine rings is 1. The van der Waals surface area contributed by atoms with E-state index in [0.717, 1.165) is 30.0 Å². The van der Waals surface area contributed by atoms with Gasteiger partial charge in [0.05, 0.1) is 7.11 Å². The van der Waals surface area contributed by atoms with Crippen molar-refractivity contribution in [2.24, 2.45) is 0 Å². The molecule has 0 aliphatic heterocycles. The number of methoxy groups -OCH3 is 1. The molecule has 0 unspecified atom stereocenters. The number of ether oxygens (including phenoxy) is 1. The summed E-state index contributed by atoms with van der Waals surface area (Å²) in [5.74, 6) is 1.38. The fourth-order valence-electron chi connectivity index (χ4n) is 2.82. The maximum atomic E-state index is 12.5. The van der Waals surface area contributed by atoms with Crippen LogP contribution in [0.15, 0.2) is 60.8 Å². The van der Waals surface area contributed by atoms with E-state index >= 15 is 0 Å². The van der Waals surface area contributed by atoms with Crippen LogP contribution in [0.5, 0.6) is 5.75 Å². The zero-order valence-electron chi connectivity index (χ0n) is 16.5. The molecule has 0 saturated carbocycles. The van der Waals surface area contributed by atoms with Crippen molar-refractivity contribution in [2.75, 3.05) is 24.3 Å². The molecule has 5 heteroatoms. The lowest BCUT2D eigenvalue weighted by molar-refractivity contribution is 0.102. The van der Waals surface area contributed by atoms with Gasteiger partial charge in [-0.25, -0.2) is 4.98 Å². The molecule has 144 valence electrons. The first-order valence-electron chi connectivity index (χ1n) is 9.26. The van der Waals surface area contributed by atoms with Crippen molar-refractivity contribution in [1.82, 2.24) is 4.98 Å². The monoisotopic (exact) mass is 375 g/mol. The highest BCUT2D eigenvalue weighted by molar-refractivity contribution is 6.04. The van der Waals surface area contributed by atoms with E-state index in [1.807, 2.05) is 56.3 Å². The first-order chi connectivity index (χ1) is 13.5. The van der Waals surface area contributed by atoms with Gasteiger partial charge in [-0.15, -0.1) is 0 Å². The van der Waals surface area contributed by atoms with E-state index in [2.05, 4.69) is 15.6 Å². The topological polar surface area (TPSA) is 63.2 Å². The van der Waals surface area contributed by atoms with Gasteiger partial charge in [0.15, 0.2) is 0 Å². The Morgan fingerprint density at radius 1 is 1.00 bits per heavy atom. The molecular weight excluding hydrogens is 350 g/mol. The van der Waals surface area contributed by atoms with Crippen LogP contribution in [0.2, 0.25) is 0 Å². The Morgan fingerprint density at radius 2 is 1.79 bits per heavy atom. The number of benzene rings is 2. The van der Waals surface area contributed by atoms with Crippen molar-refractivity contribution in [3.63, 3.8) is 0 Å². The number of anilines is 2. The number of carbonyl (C=O) groups excluding carboxylic acids is 1. The van der Waals surface area contributed by atoms with Crippen molar-refractivity contribution in [2.45, 2.75) is 20.3 Å². The van der Waals surface area contributed by atoms with Gasteiger partial charge in [0.1, 0.15) is 11.6 Å². The lowest BCUT2D eigenvalue weighted by atomic mass is 10.1. The number of nitrogens with one attached hydrogen (secondary N) is 2. The molecule has 0 radical (unpaired) electrons. The molecule has 0 saturated heterocycles. The Kier molecular flexibility index (Phi) is 6.27. The van der Waals surface area contributed by atoms with Crippen molar-refractivity contribution < 1.29 is 9.53 Å². The van der Waals surface area contributed by atoms with Crippen LogP contribution < -0.4 is 15.4 Å². The van der Waals surface area contributed by atoms with Gasteiger partial charge < -0.3 is 15.4 Å². The number of aryl methyl sites for hydroxylation is 2. The van der Waals surface area contributed by atoms with Gasteiger partial charge >= 0.3 is 0 Å². The number of carbonyl (C=O) groups is 1. The van der Waals surface area contributed by atoms with Crippen LogP contribution in [-0.4, -0.2) is 24.5 Å². The van der Waals surface area contributed by atoms with Gasteiger partial charge in [-0.1, -0.05) is 18.2 Å². The normalized spacial score (nSPS) is 10.4. The molecule has 1 aromatic heterocycles. The van der Waals surface area contributed by atoms with Crippen LogP contribution in [0, 0.1) is 13.8 Å². The van der Waals surface area contributed by atoms with Crippen LogP contribution in [-0.2, 0) is 6.42 Å². The Bertz CT molecular complexity index is 952. The highest BCUT2D eigenvalue weighted by Crippen LogP contribution is 2.16. The van der Waals surface area contributed by atoms with E-state index in [0.29, 0.717) is 11.4 Å². The number of hydrogen-bond acceptors (Lipinski definition) is 4. The molecule has 0 aliphatic carbocycles. The van der Waals surface area contributed by atoms with Gasteiger partial charge in [-0.3, -0.25) is 4.79 Å². The smallest absolute Gasteiger partial charge is 0.255 e. The molecule has 28 heavy (non-hydrogen) atoms. The van der Waals surface area contributed by atoms with E-state index in [9.17, 15) is 4.79 Å². The van der Waals surface area contributed by atoms with Gasteiger partial charge in [0, 0.05) is 24.0 Å². The molecule has 5 nitrogen and oxygen atoms in total. The Hall–Kier alpha value is -3.34. The molecule has 2 N–H and O–H groups in total. The minimum atomic E-state index is -0.149. The molecule has 0 atom stereocenters. The van der Waals surface area contributed by atoms with Crippen molar-refractivity contribution >= 4 is 17.4 Å². The number of amides is 1. The predicted octanol–water partition coefficient (Wildman–Crippen LogP) is 4.61. The lowest BCUT2D eigenvalue weighted by Gasteiger charge is -2.10. The summed E-state index contributed by atoms with van der Waals surface area (Å²) in [5.41, 5.74) is 4.91. The zero-order valence-corrected chi connectivity index (χ0v) is 16.5. The second-order valence-corrected chi connectivity index (χ2v) is 6.71. The minimum Gasteiger partial charge on any atom is -0.497 e. The average Bonchev–Trinajstić information content (AvgIpc) is 2.71. The summed E-state index contributed by atoms with van der Waals surface area (Å²) in [7, 11) is 1.66. The van der Waals surface area contributed by atoms with Crippen LogP contribution in [0.25, 0.3) is 0 Å². The Balaban J connectivity index is 1.58. The molecule has 3 rings (SSSR count). The number of nitrogens with zero attached hydrogens (tertiary/aromatic N) is 1. The quantitative estimate of drug-likeness (QED) is 0.633. The zero-order chi connectivity index (χ0) is 19.9. The van der Waals surface area contributed by atoms with Crippen LogP contribution in [0.1, 0.15) is 27.0 Å². The van der Waals surface area contributed by atoms with Crippen molar-refractivity contribution in [3.05, 3.63) is 83.0 Å². The standard InChI is InChI=1S/C23H25N3O2/c1-16-4-7-20(14-17(16)2)26-23(27)19-11-13-25-22(15-19)24-12-10-18-5-8-21(28-3)9-6-18/h4-9,11,13-15H,10,12H2,1-3H3,(H,24,25)(H,26,27). The fourth-order valence-corrected chi connectivity index (χ4v) is 2.82. The molecule has 1 heterocycles. The predicted molar refractivity (Wildman–Crippen MR) is 113 cm³/mol. The summed E-state index contributed by atoms with van der Waals surface area (Å²) in [5, 5.41) is 6.21. The molecule has 1 amide bonds.